The van der Waals surface area contributed by atoms with Crippen molar-refractivity contribution in [1.82, 2.24) is 9.03 Å². The fourth-order valence-electron chi connectivity index (χ4n) is 4.48. The van der Waals surface area contributed by atoms with E-state index in [0.29, 0.717) is 27.8 Å². The number of nitrogens with one attached hydrogen (secondary N) is 2. The lowest BCUT2D eigenvalue weighted by Gasteiger charge is -2.22. The average Bonchev–Trinajstić information content (AvgIpc) is 3.39. The van der Waals surface area contributed by atoms with Crippen molar-refractivity contribution in [2.45, 2.75) is 32.2 Å². The first kappa shape index (κ1) is 36.7. The molecule has 0 fully saturated rings. The van der Waals surface area contributed by atoms with E-state index >= 15 is 0 Å². The number of alkyl halides is 6. The quantitative estimate of drug-likeness (QED) is 0.106. The van der Waals surface area contributed by atoms with Crippen LogP contribution in [0.2, 0.25) is 0 Å². The summed E-state index contributed by atoms with van der Waals surface area (Å²) in [6.45, 7) is 3.76. The minimum Gasteiger partial charge on any atom is -0.490 e. The van der Waals surface area contributed by atoms with Gasteiger partial charge >= 0.3 is 22.6 Å². The number of halogens is 6. The van der Waals surface area contributed by atoms with E-state index in [1.165, 1.54) is 50.7 Å². The molecule has 3 aromatic carbocycles. The molecule has 0 aliphatic rings. The van der Waals surface area contributed by atoms with Crippen LogP contribution in [0, 0.1) is 6.92 Å². The van der Waals surface area contributed by atoms with E-state index in [2.05, 4.69) is 10.3 Å². The van der Waals surface area contributed by atoms with E-state index in [1.807, 2.05) is 4.72 Å². The van der Waals surface area contributed by atoms with Crippen LogP contribution in [0.15, 0.2) is 70.3 Å². The number of amides is 2. The number of benzene rings is 3. The van der Waals surface area contributed by atoms with Crippen molar-refractivity contribution in [2.24, 2.45) is 10.7 Å². The predicted octanol–water partition coefficient (Wildman–Crippen LogP) is 5.80. The molecule has 4 rings (SSSR count). The Hall–Kier alpha value is -5.10. The van der Waals surface area contributed by atoms with Gasteiger partial charge in [-0.05, 0) is 79.6 Å². The van der Waals surface area contributed by atoms with Gasteiger partial charge in [-0.1, -0.05) is 0 Å². The molecule has 0 aliphatic carbocycles. The third-order valence-electron chi connectivity index (χ3n) is 7.01. The summed E-state index contributed by atoms with van der Waals surface area (Å²) in [5.41, 5.74) is 3.21. The molecule has 1 heterocycles. The SMILES string of the molecule is CCOc1cc(C(Nc2ccc(C(N)=NC(=O)c3cc(C(F)(F)F)cc(C(F)(F)F)c3)cc2)C(=O)NS(=O)(=O)N(C)C)cc2c(C)coc12. The van der Waals surface area contributed by atoms with E-state index < -0.39 is 62.9 Å². The molecule has 0 spiro atoms. The average molecular weight is 714 g/mol. The van der Waals surface area contributed by atoms with Crippen LogP contribution in [-0.4, -0.2) is 51.1 Å². The molecule has 4 N–H and O–H groups in total. The van der Waals surface area contributed by atoms with Gasteiger partial charge in [0.15, 0.2) is 11.3 Å². The summed E-state index contributed by atoms with van der Waals surface area (Å²) in [5.74, 6) is -2.65. The first-order valence-electron chi connectivity index (χ1n) is 14.1. The maximum atomic E-state index is 13.4. The summed E-state index contributed by atoms with van der Waals surface area (Å²) >= 11 is 0. The molecule has 49 heavy (non-hydrogen) atoms. The highest BCUT2D eigenvalue weighted by molar-refractivity contribution is 7.87. The van der Waals surface area contributed by atoms with Crippen molar-refractivity contribution in [3.63, 3.8) is 0 Å². The largest absolute Gasteiger partial charge is 0.490 e. The normalized spacial score (nSPS) is 13.4. The zero-order valence-electron chi connectivity index (χ0n) is 26.2. The summed E-state index contributed by atoms with van der Waals surface area (Å²) in [6, 6.07) is 7.52. The summed E-state index contributed by atoms with van der Waals surface area (Å²) < 4.78 is 119. The lowest BCUT2D eigenvalue weighted by Crippen LogP contribution is -2.43. The molecule has 11 nitrogen and oxygen atoms in total. The molecule has 0 aliphatic heterocycles. The molecular formula is C31H29F6N5O6S. The van der Waals surface area contributed by atoms with Gasteiger partial charge in [0.05, 0.1) is 24.0 Å². The number of aliphatic imine (C=N–C) groups is 1. The van der Waals surface area contributed by atoms with Crippen molar-refractivity contribution < 1.29 is 53.5 Å². The van der Waals surface area contributed by atoms with Crippen molar-refractivity contribution in [3.05, 3.63) is 94.2 Å². The monoisotopic (exact) mass is 713 g/mol. The second kappa shape index (κ2) is 13.8. The lowest BCUT2D eigenvalue weighted by molar-refractivity contribution is -0.143. The molecule has 1 unspecified atom stereocenters. The number of aryl methyl sites for hydroxylation is 1. The van der Waals surface area contributed by atoms with Crippen LogP contribution in [0.5, 0.6) is 5.75 Å². The Kier molecular flexibility index (Phi) is 10.3. The maximum absolute atomic E-state index is 13.4. The van der Waals surface area contributed by atoms with Gasteiger partial charge in [-0.25, -0.2) is 4.72 Å². The zero-order chi connectivity index (χ0) is 36.5. The van der Waals surface area contributed by atoms with Crippen LogP contribution in [0.4, 0.5) is 32.0 Å². The Balaban J connectivity index is 1.68. The number of carbonyl (C=O) groups is 2. The molecule has 0 saturated heterocycles. The van der Waals surface area contributed by atoms with Gasteiger partial charge in [0, 0.05) is 36.3 Å². The van der Waals surface area contributed by atoms with E-state index in [4.69, 9.17) is 14.9 Å². The number of nitrogens with two attached hydrogens (primary N) is 1. The molecule has 2 amide bonds. The van der Waals surface area contributed by atoms with Gasteiger partial charge < -0.3 is 20.2 Å². The molecule has 4 aromatic rings. The van der Waals surface area contributed by atoms with Crippen molar-refractivity contribution in [3.8, 4) is 5.75 Å². The van der Waals surface area contributed by atoms with Crippen LogP contribution in [0.25, 0.3) is 11.0 Å². The number of nitrogens with zero attached hydrogens (tertiary/aromatic N) is 2. The number of carbonyl (C=O) groups excluding carboxylic acids is 2. The third kappa shape index (κ3) is 8.50. The number of hydrogen-bond acceptors (Lipinski definition) is 7. The highest BCUT2D eigenvalue weighted by Gasteiger charge is 2.37. The van der Waals surface area contributed by atoms with Crippen molar-refractivity contribution >= 4 is 44.5 Å². The van der Waals surface area contributed by atoms with Crippen LogP contribution >= 0.6 is 0 Å². The minimum atomic E-state index is -5.17. The van der Waals surface area contributed by atoms with E-state index in [0.717, 1.165) is 4.31 Å². The van der Waals surface area contributed by atoms with Crippen molar-refractivity contribution in [2.75, 3.05) is 26.0 Å². The summed E-state index contributed by atoms with van der Waals surface area (Å²) in [6.07, 6.45) is -8.85. The zero-order valence-corrected chi connectivity index (χ0v) is 27.0. The Bertz CT molecular complexity index is 1990. The molecule has 1 atom stereocenters. The Labute approximate surface area is 275 Å². The smallest absolute Gasteiger partial charge is 0.416 e. The number of ether oxygens (including phenoxy) is 1. The fraction of sp³-hybridized carbons (Fsp3) is 0.258. The topological polar surface area (TPSA) is 156 Å². The molecular weight excluding hydrogens is 684 g/mol. The van der Waals surface area contributed by atoms with Gasteiger partial charge in [-0.2, -0.15) is 44.1 Å². The Morgan fingerprint density at radius 1 is 0.959 bits per heavy atom. The van der Waals surface area contributed by atoms with Crippen molar-refractivity contribution in [1.29, 1.82) is 0 Å². The predicted molar refractivity (Wildman–Crippen MR) is 167 cm³/mol. The number of hydrogen-bond donors (Lipinski definition) is 3. The second-order valence-corrected chi connectivity index (χ2v) is 12.6. The summed E-state index contributed by atoms with van der Waals surface area (Å²) in [7, 11) is -1.77. The molecule has 0 saturated carbocycles. The third-order valence-corrected chi connectivity index (χ3v) is 8.43. The standard InChI is InChI=1S/C31H29F6N5O6S/c1-5-47-24-13-18(12-23-16(2)15-48-26(23)24)25(29(44)41-49(45,46)42(3)4)39-22-8-6-17(7-9-22)27(38)40-28(43)19-10-20(30(32,33)34)14-21(11-19)31(35,36)37/h6-15,25,39H,5H2,1-4H3,(H,41,44)(H2,38,40,43). The number of furan rings is 1. The van der Waals surface area contributed by atoms with Crippen LogP contribution < -0.4 is 20.5 Å². The number of anilines is 1. The first-order chi connectivity index (χ1) is 22.7. The van der Waals surface area contributed by atoms with E-state index in [1.54, 1.807) is 19.9 Å². The number of fused-ring (bicyclic) bond motifs is 1. The lowest BCUT2D eigenvalue weighted by atomic mass is 10.0. The molecule has 1 aromatic heterocycles. The van der Waals surface area contributed by atoms with Crippen LogP contribution in [-0.2, 0) is 27.4 Å². The minimum absolute atomic E-state index is 0.0483. The molecule has 0 radical (unpaired) electrons. The second-order valence-electron chi connectivity index (χ2n) is 10.8. The van der Waals surface area contributed by atoms with Gasteiger partial charge in [-0.3, -0.25) is 9.59 Å². The van der Waals surface area contributed by atoms with Crippen LogP contribution in [0.1, 0.15) is 51.1 Å². The van der Waals surface area contributed by atoms with Gasteiger partial charge in [0.25, 0.3) is 11.8 Å². The maximum Gasteiger partial charge on any atom is 0.416 e. The van der Waals surface area contributed by atoms with E-state index in [-0.39, 0.29) is 36.1 Å². The summed E-state index contributed by atoms with van der Waals surface area (Å²) in [5, 5.41) is 3.53. The first-order valence-corrected chi connectivity index (χ1v) is 15.6. The van der Waals surface area contributed by atoms with Gasteiger partial charge in [0.1, 0.15) is 11.9 Å². The Morgan fingerprint density at radius 2 is 1.55 bits per heavy atom. The number of amidine groups is 1. The van der Waals surface area contributed by atoms with E-state index in [9.17, 15) is 44.3 Å². The molecule has 262 valence electrons. The van der Waals surface area contributed by atoms with Gasteiger partial charge in [-0.15, -0.1) is 0 Å². The summed E-state index contributed by atoms with van der Waals surface area (Å²) in [4.78, 5) is 29.6. The highest BCUT2D eigenvalue weighted by Crippen LogP contribution is 2.37. The Morgan fingerprint density at radius 3 is 2.08 bits per heavy atom. The highest BCUT2D eigenvalue weighted by atomic mass is 32.2. The van der Waals surface area contributed by atoms with Crippen LogP contribution in [0.3, 0.4) is 0 Å². The fourth-order valence-corrected chi connectivity index (χ4v) is 5.03. The van der Waals surface area contributed by atoms with Gasteiger partial charge in [0.2, 0.25) is 0 Å². The molecule has 18 heteroatoms. The number of rotatable bonds is 10. The molecule has 0 bridgehead atoms.